The Hall–Kier alpha value is -1.89. The van der Waals surface area contributed by atoms with Crippen molar-refractivity contribution in [2.45, 2.75) is 18.4 Å². The van der Waals surface area contributed by atoms with E-state index in [1.165, 1.54) is 6.33 Å². The van der Waals surface area contributed by atoms with Crippen LogP contribution in [0.1, 0.15) is 12.7 Å². The Bertz CT molecular complexity index is 608. The van der Waals surface area contributed by atoms with Gasteiger partial charge in [0.1, 0.15) is 12.2 Å². The normalized spacial score (nSPS) is 11.4. The maximum absolute atomic E-state index is 11.9. The van der Waals surface area contributed by atoms with Crippen LogP contribution in [0.5, 0.6) is 0 Å². The van der Waals surface area contributed by atoms with Gasteiger partial charge in [0.05, 0.1) is 22.9 Å². The molecule has 2 rings (SSSR count). The van der Waals surface area contributed by atoms with Crippen LogP contribution in [0.2, 0.25) is 0 Å². The molecule has 0 bridgehead atoms. The van der Waals surface area contributed by atoms with Crippen LogP contribution in [0, 0.1) is 0 Å². The van der Waals surface area contributed by atoms with Crippen molar-refractivity contribution in [2.24, 2.45) is 0 Å². The molecular weight excluding hydrogens is 252 g/mol. The summed E-state index contributed by atoms with van der Waals surface area (Å²) in [6, 6.07) is 6.83. The zero-order chi connectivity index (χ0) is 13.0. The molecule has 2 N–H and O–H groups in total. The van der Waals surface area contributed by atoms with E-state index in [1.54, 1.807) is 31.2 Å². The van der Waals surface area contributed by atoms with E-state index >= 15 is 0 Å². The SMILES string of the molecule is CCS(=O)(=O)c1ccccc1NCc1ncn[nH]1. The van der Waals surface area contributed by atoms with Gasteiger partial charge in [0, 0.05) is 0 Å². The summed E-state index contributed by atoms with van der Waals surface area (Å²) in [6.07, 6.45) is 1.41. The quantitative estimate of drug-likeness (QED) is 0.849. The minimum Gasteiger partial charge on any atom is -0.377 e. The van der Waals surface area contributed by atoms with E-state index in [-0.39, 0.29) is 5.75 Å². The monoisotopic (exact) mass is 266 g/mol. The number of aromatic amines is 1. The Balaban J connectivity index is 2.23. The first kappa shape index (κ1) is 12.6. The van der Waals surface area contributed by atoms with Crippen molar-refractivity contribution in [2.75, 3.05) is 11.1 Å². The van der Waals surface area contributed by atoms with Gasteiger partial charge in [0.25, 0.3) is 0 Å². The zero-order valence-electron chi connectivity index (χ0n) is 9.92. The number of sulfone groups is 1. The average Bonchev–Trinajstić information content (AvgIpc) is 2.90. The third kappa shape index (κ3) is 2.67. The van der Waals surface area contributed by atoms with Gasteiger partial charge in [-0.3, -0.25) is 5.10 Å². The fourth-order valence-electron chi connectivity index (χ4n) is 1.53. The van der Waals surface area contributed by atoms with Gasteiger partial charge in [-0.1, -0.05) is 19.1 Å². The smallest absolute Gasteiger partial charge is 0.180 e. The lowest BCUT2D eigenvalue weighted by Crippen LogP contribution is -2.09. The molecule has 0 fully saturated rings. The number of hydrogen-bond donors (Lipinski definition) is 2. The number of hydrogen-bond acceptors (Lipinski definition) is 5. The Morgan fingerprint density at radius 3 is 2.78 bits per heavy atom. The number of para-hydroxylation sites is 1. The van der Waals surface area contributed by atoms with E-state index < -0.39 is 9.84 Å². The molecular formula is C11H14N4O2S. The molecule has 0 aliphatic carbocycles. The highest BCUT2D eigenvalue weighted by atomic mass is 32.2. The van der Waals surface area contributed by atoms with E-state index in [0.29, 0.717) is 23.0 Å². The summed E-state index contributed by atoms with van der Waals surface area (Å²) in [5.41, 5.74) is 0.579. The standard InChI is InChI=1S/C11H14N4O2S/c1-2-18(16,17)10-6-4-3-5-9(10)12-7-11-13-8-14-15-11/h3-6,8,12H,2,7H2,1H3,(H,13,14,15). The highest BCUT2D eigenvalue weighted by Crippen LogP contribution is 2.22. The first-order chi connectivity index (χ1) is 8.63. The molecule has 2 aromatic rings. The third-order valence-electron chi connectivity index (χ3n) is 2.51. The van der Waals surface area contributed by atoms with E-state index in [2.05, 4.69) is 20.5 Å². The molecule has 0 saturated carbocycles. The minimum atomic E-state index is -3.23. The van der Waals surface area contributed by atoms with Gasteiger partial charge >= 0.3 is 0 Å². The largest absolute Gasteiger partial charge is 0.377 e. The Morgan fingerprint density at radius 1 is 1.33 bits per heavy atom. The fraction of sp³-hybridized carbons (Fsp3) is 0.273. The molecule has 0 unspecified atom stereocenters. The van der Waals surface area contributed by atoms with Gasteiger partial charge in [0.2, 0.25) is 0 Å². The third-order valence-corrected chi connectivity index (χ3v) is 4.30. The Kier molecular flexibility index (Phi) is 3.61. The van der Waals surface area contributed by atoms with Crippen LogP contribution in [0.4, 0.5) is 5.69 Å². The molecule has 0 aliphatic heterocycles. The molecule has 1 aromatic heterocycles. The molecule has 0 aliphatic rings. The first-order valence-electron chi connectivity index (χ1n) is 5.53. The van der Waals surface area contributed by atoms with Crippen molar-refractivity contribution >= 4 is 15.5 Å². The summed E-state index contributed by atoms with van der Waals surface area (Å²) in [4.78, 5) is 4.28. The lowest BCUT2D eigenvalue weighted by atomic mass is 10.3. The fourth-order valence-corrected chi connectivity index (χ4v) is 2.61. The maximum Gasteiger partial charge on any atom is 0.180 e. The van der Waals surface area contributed by atoms with Gasteiger partial charge in [-0.15, -0.1) is 0 Å². The second-order valence-electron chi connectivity index (χ2n) is 3.69. The van der Waals surface area contributed by atoms with Crippen molar-refractivity contribution in [3.63, 3.8) is 0 Å². The van der Waals surface area contributed by atoms with Crippen molar-refractivity contribution in [1.82, 2.24) is 15.2 Å². The molecule has 18 heavy (non-hydrogen) atoms. The molecule has 0 amide bonds. The number of H-pyrrole nitrogens is 1. The molecule has 96 valence electrons. The molecule has 0 atom stereocenters. The number of benzene rings is 1. The van der Waals surface area contributed by atoms with Crippen molar-refractivity contribution in [3.05, 3.63) is 36.4 Å². The minimum absolute atomic E-state index is 0.0774. The number of anilines is 1. The zero-order valence-corrected chi connectivity index (χ0v) is 10.7. The molecule has 1 aromatic carbocycles. The van der Waals surface area contributed by atoms with Crippen LogP contribution in [0.25, 0.3) is 0 Å². The molecule has 6 nitrogen and oxygen atoms in total. The van der Waals surface area contributed by atoms with E-state index in [9.17, 15) is 8.42 Å². The molecule has 7 heteroatoms. The first-order valence-corrected chi connectivity index (χ1v) is 7.18. The number of rotatable bonds is 5. The van der Waals surface area contributed by atoms with Crippen LogP contribution in [-0.4, -0.2) is 29.4 Å². The molecule has 0 saturated heterocycles. The lowest BCUT2D eigenvalue weighted by Gasteiger charge is -2.10. The second-order valence-corrected chi connectivity index (χ2v) is 5.93. The summed E-state index contributed by atoms with van der Waals surface area (Å²) < 4.78 is 23.8. The van der Waals surface area contributed by atoms with Crippen LogP contribution in [0.15, 0.2) is 35.5 Å². The van der Waals surface area contributed by atoms with Crippen LogP contribution < -0.4 is 5.32 Å². The van der Waals surface area contributed by atoms with Gasteiger partial charge in [-0.2, -0.15) is 5.10 Å². The van der Waals surface area contributed by atoms with Crippen molar-refractivity contribution < 1.29 is 8.42 Å². The molecule has 1 heterocycles. The van der Waals surface area contributed by atoms with Crippen LogP contribution in [-0.2, 0) is 16.4 Å². The summed E-state index contributed by atoms with van der Waals surface area (Å²) in [6.45, 7) is 2.03. The Labute approximate surface area is 105 Å². The number of nitrogens with one attached hydrogen (secondary N) is 2. The second kappa shape index (κ2) is 5.18. The number of aromatic nitrogens is 3. The summed E-state index contributed by atoms with van der Waals surface area (Å²) >= 11 is 0. The molecule has 0 spiro atoms. The average molecular weight is 266 g/mol. The highest BCUT2D eigenvalue weighted by molar-refractivity contribution is 7.91. The van der Waals surface area contributed by atoms with E-state index in [1.807, 2.05) is 0 Å². The maximum atomic E-state index is 11.9. The predicted molar refractivity (Wildman–Crippen MR) is 67.9 cm³/mol. The van der Waals surface area contributed by atoms with Gasteiger partial charge in [-0.25, -0.2) is 13.4 Å². The molecule has 0 radical (unpaired) electrons. The van der Waals surface area contributed by atoms with Gasteiger partial charge < -0.3 is 5.32 Å². The Morgan fingerprint density at radius 2 is 2.11 bits per heavy atom. The van der Waals surface area contributed by atoms with Gasteiger partial charge in [-0.05, 0) is 12.1 Å². The lowest BCUT2D eigenvalue weighted by molar-refractivity contribution is 0.597. The van der Waals surface area contributed by atoms with Crippen LogP contribution >= 0.6 is 0 Å². The topological polar surface area (TPSA) is 87.7 Å². The van der Waals surface area contributed by atoms with Crippen molar-refractivity contribution in [3.8, 4) is 0 Å². The van der Waals surface area contributed by atoms with Gasteiger partial charge in [0.15, 0.2) is 9.84 Å². The van der Waals surface area contributed by atoms with E-state index in [0.717, 1.165) is 0 Å². The highest BCUT2D eigenvalue weighted by Gasteiger charge is 2.15. The number of nitrogens with zero attached hydrogens (tertiary/aromatic N) is 2. The summed E-state index contributed by atoms with van der Waals surface area (Å²) in [5.74, 6) is 0.729. The van der Waals surface area contributed by atoms with E-state index in [4.69, 9.17) is 0 Å². The predicted octanol–water partition coefficient (Wildman–Crippen LogP) is 1.21. The summed E-state index contributed by atoms with van der Waals surface area (Å²) in [5, 5.41) is 9.48. The van der Waals surface area contributed by atoms with Crippen LogP contribution in [0.3, 0.4) is 0 Å². The van der Waals surface area contributed by atoms with Crippen molar-refractivity contribution in [1.29, 1.82) is 0 Å². The summed E-state index contributed by atoms with van der Waals surface area (Å²) in [7, 11) is -3.23.